The van der Waals surface area contributed by atoms with Crippen molar-refractivity contribution in [3.8, 4) is 0 Å². The Morgan fingerprint density at radius 3 is 2.64 bits per heavy atom. The Kier molecular flexibility index (Phi) is 4.55. The highest BCUT2D eigenvalue weighted by atomic mass is 35.5. The first-order valence-corrected chi connectivity index (χ1v) is 8.20. The van der Waals surface area contributed by atoms with Gasteiger partial charge in [0.05, 0.1) is 16.3 Å². The van der Waals surface area contributed by atoms with Crippen LogP contribution in [-0.2, 0) is 4.79 Å². The van der Waals surface area contributed by atoms with Crippen molar-refractivity contribution in [2.24, 2.45) is 10.9 Å². The van der Waals surface area contributed by atoms with Crippen molar-refractivity contribution >= 4 is 40.3 Å². The van der Waals surface area contributed by atoms with E-state index in [0.29, 0.717) is 18.2 Å². The number of fused-ring (bicyclic) bond motifs is 1. The molecule has 6 nitrogen and oxygen atoms in total. The Bertz CT molecular complexity index is 893. The van der Waals surface area contributed by atoms with Crippen molar-refractivity contribution in [2.45, 2.75) is 13.8 Å². The summed E-state index contributed by atoms with van der Waals surface area (Å²) in [6.45, 7) is 4.65. The molecule has 0 N–H and O–H groups in total. The maximum atomic E-state index is 12.8. The van der Waals surface area contributed by atoms with Crippen LogP contribution in [-0.4, -0.2) is 23.1 Å². The molecule has 0 bridgehead atoms. The predicted molar refractivity (Wildman–Crippen MR) is 97.9 cm³/mol. The smallest absolute Gasteiger partial charge is 0.290 e. The van der Waals surface area contributed by atoms with Gasteiger partial charge in [0.25, 0.3) is 11.6 Å². The summed E-state index contributed by atoms with van der Waals surface area (Å²) in [4.78, 5) is 29.4. The number of hydrogen-bond acceptors (Lipinski definition) is 4. The molecule has 1 aliphatic rings. The van der Waals surface area contributed by atoms with Gasteiger partial charge < -0.3 is 4.90 Å². The molecule has 2 aromatic rings. The predicted octanol–water partition coefficient (Wildman–Crippen LogP) is 4.37. The zero-order valence-corrected chi connectivity index (χ0v) is 14.5. The lowest BCUT2D eigenvalue weighted by atomic mass is 10.1. The number of carbonyl (C=O) groups excluding carboxylic acids is 1. The maximum Gasteiger partial charge on any atom is 0.290 e. The van der Waals surface area contributed by atoms with Crippen LogP contribution in [0.15, 0.2) is 47.5 Å². The van der Waals surface area contributed by atoms with Gasteiger partial charge in [-0.3, -0.25) is 14.9 Å². The van der Waals surface area contributed by atoms with E-state index >= 15 is 0 Å². The molecule has 2 aromatic carbocycles. The fraction of sp³-hybridized carbons (Fsp3) is 0.222. The van der Waals surface area contributed by atoms with E-state index < -0.39 is 4.92 Å². The standard InChI is InChI=1S/C18H16ClN3O3/c1-11(2)10-21-15-6-4-3-5-13(15)17(18(21)23)20-12-7-8-14(19)16(9-12)22(24)25/h3-9,11H,10H2,1-2H3. The van der Waals surface area contributed by atoms with Crippen molar-refractivity contribution in [1.29, 1.82) is 0 Å². The Labute approximate surface area is 149 Å². The van der Waals surface area contributed by atoms with Gasteiger partial charge in [0.15, 0.2) is 0 Å². The number of halogens is 1. The number of hydrogen-bond donors (Lipinski definition) is 0. The maximum absolute atomic E-state index is 12.8. The van der Waals surface area contributed by atoms with Crippen LogP contribution in [0.3, 0.4) is 0 Å². The number of nitrogens with zero attached hydrogens (tertiary/aromatic N) is 3. The molecule has 1 amide bonds. The Morgan fingerprint density at radius 2 is 1.96 bits per heavy atom. The Hall–Kier alpha value is -2.73. The van der Waals surface area contributed by atoms with Crippen LogP contribution < -0.4 is 4.90 Å². The monoisotopic (exact) mass is 357 g/mol. The highest BCUT2D eigenvalue weighted by Crippen LogP contribution is 2.33. The zero-order chi connectivity index (χ0) is 18.1. The van der Waals surface area contributed by atoms with Crippen LogP contribution in [0.2, 0.25) is 5.02 Å². The summed E-state index contributed by atoms with van der Waals surface area (Å²) in [6.07, 6.45) is 0. The van der Waals surface area contributed by atoms with E-state index in [4.69, 9.17) is 11.6 Å². The molecule has 0 saturated heterocycles. The first kappa shape index (κ1) is 17.1. The van der Waals surface area contributed by atoms with Crippen LogP contribution >= 0.6 is 11.6 Å². The summed E-state index contributed by atoms with van der Waals surface area (Å²) in [5.41, 5.74) is 1.91. The molecule has 0 radical (unpaired) electrons. The molecule has 0 fully saturated rings. The van der Waals surface area contributed by atoms with Gasteiger partial charge in [0.1, 0.15) is 10.7 Å². The number of nitro benzene ring substituents is 1. The van der Waals surface area contributed by atoms with Crippen molar-refractivity contribution in [3.05, 3.63) is 63.2 Å². The third-order valence-corrected chi connectivity index (χ3v) is 4.13. The van der Waals surface area contributed by atoms with E-state index in [1.165, 1.54) is 12.1 Å². The van der Waals surface area contributed by atoms with E-state index in [9.17, 15) is 14.9 Å². The molecule has 7 heteroatoms. The van der Waals surface area contributed by atoms with Crippen LogP contribution in [0, 0.1) is 16.0 Å². The highest BCUT2D eigenvalue weighted by Gasteiger charge is 2.33. The van der Waals surface area contributed by atoms with E-state index in [1.807, 2.05) is 38.1 Å². The van der Waals surface area contributed by atoms with Gasteiger partial charge in [-0.15, -0.1) is 0 Å². The molecule has 1 heterocycles. The molecule has 1 aliphatic heterocycles. The quantitative estimate of drug-likeness (QED) is 0.602. The van der Waals surface area contributed by atoms with Crippen LogP contribution in [0.5, 0.6) is 0 Å². The lowest BCUT2D eigenvalue weighted by Crippen LogP contribution is -2.33. The molecule has 3 rings (SSSR count). The zero-order valence-electron chi connectivity index (χ0n) is 13.8. The van der Waals surface area contributed by atoms with Gasteiger partial charge in [-0.25, -0.2) is 4.99 Å². The minimum atomic E-state index is -0.568. The molecule has 0 spiro atoms. The highest BCUT2D eigenvalue weighted by molar-refractivity contribution is 6.54. The lowest BCUT2D eigenvalue weighted by molar-refractivity contribution is -0.384. The van der Waals surface area contributed by atoms with Gasteiger partial charge in [0, 0.05) is 18.2 Å². The topological polar surface area (TPSA) is 75.8 Å². The second-order valence-corrected chi connectivity index (χ2v) is 6.59. The van der Waals surface area contributed by atoms with E-state index in [-0.39, 0.29) is 22.3 Å². The van der Waals surface area contributed by atoms with Gasteiger partial charge in [-0.2, -0.15) is 0 Å². The molecule has 0 atom stereocenters. The van der Waals surface area contributed by atoms with Crippen molar-refractivity contribution in [3.63, 3.8) is 0 Å². The third-order valence-electron chi connectivity index (χ3n) is 3.81. The number of amides is 1. The number of carbonyl (C=O) groups is 1. The molecular formula is C18H16ClN3O3. The summed E-state index contributed by atoms with van der Waals surface area (Å²) in [5.74, 6) is 0.0977. The second kappa shape index (κ2) is 6.64. The normalized spacial score (nSPS) is 15.1. The molecule has 0 aromatic heterocycles. The molecule has 0 aliphatic carbocycles. The van der Waals surface area contributed by atoms with Crippen LogP contribution in [0.25, 0.3) is 0 Å². The molecule has 128 valence electrons. The SMILES string of the molecule is CC(C)CN1C(=O)C(=Nc2ccc(Cl)c([N+](=O)[O-])c2)c2ccccc21. The lowest BCUT2D eigenvalue weighted by Gasteiger charge is -2.18. The second-order valence-electron chi connectivity index (χ2n) is 6.18. The number of rotatable bonds is 4. The molecule has 0 unspecified atom stereocenters. The summed E-state index contributed by atoms with van der Waals surface area (Å²) >= 11 is 5.83. The molecule has 25 heavy (non-hydrogen) atoms. The van der Waals surface area contributed by atoms with Crippen molar-refractivity contribution in [2.75, 3.05) is 11.4 Å². The van der Waals surface area contributed by atoms with Crippen molar-refractivity contribution < 1.29 is 9.72 Å². The minimum Gasteiger partial charge on any atom is -0.306 e. The average molecular weight is 358 g/mol. The van der Waals surface area contributed by atoms with E-state index in [1.54, 1.807) is 11.0 Å². The first-order valence-electron chi connectivity index (χ1n) is 7.82. The first-order chi connectivity index (χ1) is 11.9. The Balaban J connectivity index is 2.08. The van der Waals surface area contributed by atoms with Crippen LogP contribution in [0.4, 0.5) is 17.1 Å². The largest absolute Gasteiger partial charge is 0.306 e. The fourth-order valence-electron chi connectivity index (χ4n) is 2.76. The summed E-state index contributed by atoms with van der Waals surface area (Å²) in [6, 6.07) is 11.7. The van der Waals surface area contributed by atoms with Gasteiger partial charge in [-0.1, -0.05) is 43.6 Å². The molecular weight excluding hydrogens is 342 g/mol. The van der Waals surface area contributed by atoms with E-state index in [0.717, 1.165) is 11.3 Å². The van der Waals surface area contributed by atoms with Crippen molar-refractivity contribution in [1.82, 2.24) is 0 Å². The summed E-state index contributed by atoms with van der Waals surface area (Å²) in [5, 5.41) is 11.1. The van der Waals surface area contributed by atoms with Gasteiger partial charge >= 0.3 is 0 Å². The van der Waals surface area contributed by atoms with Crippen LogP contribution in [0.1, 0.15) is 19.4 Å². The third kappa shape index (κ3) is 3.25. The number of benzene rings is 2. The van der Waals surface area contributed by atoms with E-state index in [2.05, 4.69) is 4.99 Å². The number of anilines is 1. The number of aliphatic imine (C=N–C) groups is 1. The number of para-hydroxylation sites is 1. The fourth-order valence-corrected chi connectivity index (χ4v) is 2.94. The minimum absolute atomic E-state index is 0.0357. The number of nitro groups is 1. The average Bonchev–Trinajstić information content (AvgIpc) is 2.82. The Morgan fingerprint density at radius 1 is 1.24 bits per heavy atom. The summed E-state index contributed by atoms with van der Waals surface area (Å²) < 4.78 is 0. The van der Waals surface area contributed by atoms with Gasteiger partial charge in [-0.05, 0) is 24.1 Å². The summed E-state index contributed by atoms with van der Waals surface area (Å²) in [7, 11) is 0. The molecule has 0 saturated carbocycles. The van der Waals surface area contributed by atoms with Gasteiger partial charge in [0.2, 0.25) is 0 Å².